The van der Waals surface area contributed by atoms with Crippen molar-refractivity contribution in [2.24, 2.45) is 0 Å². The normalized spacial score (nSPS) is 10.6. The third-order valence-corrected chi connectivity index (χ3v) is 1.73. The molecule has 2 nitrogen and oxygen atoms in total. The van der Waals surface area contributed by atoms with Crippen molar-refractivity contribution in [2.45, 2.75) is 46.0 Å². The molecule has 0 heterocycles. The minimum atomic E-state index is 0.169. The van der Waals surface area contributed by atoms with E-state index in [2.05, 4.69) is 31.3 Å². The van der Waals surface area contributed by atoms with Crippen LogP contribution in [0.4, 0.5) is 0 Å². The molecule has 0 rings (SSSR count). The molecule has 0 bridgehead atoms. The van der Waals surface area contributed by atoms with E-state index in [1.54, 1.807) is 0 Å². The van der Waals surface area contributed by atoms with Crippen LogP contribution in [0.15, 0.2) is 12.2 Å². The molecule has 0 aliphatic rings. The van der Waals surface area contributed by atoms with Crippen molar-refractivity contribution in [1.82, 2.24) is 5.32 Å². The predicted octanol–water partition coefficient (Wildman–Crippen LogP) is 2.65. The summed E-state index contributed by atoms with van der Waals surface area (Å²) in [5.41, 5.74) is 0. The first kappa shape index (κ1) is 12.2. The summed E-state index contributed by atoms with van der Waals surface area (Å²) in [5, 5.41) is 2.85. The van der Waals surface area contributed by atoms with E-state index in [1.807, 2.05) is 0 Å². The Morgan fingerprint density at radius 3 is 2.46 bits per heavy atom. The van der Waals surface area contributed by atoms with E-state index in [0.717, 1.165) is 25.8 Å². The van der Waals surface area contributed by atoms with Gasteiger partial charge in [0.2, 0.25) is 5.91 Å². The monoisotopic (exact) mass is 183 g/mol. The highest BCUT2D eigenvalue weighted by Gasteiger charge is 1.95. The maximum Gasteiger partial charge on any atom is 0.220 e. The highest BCUT2D eigenvalue weighted by molar-refractivity contribution is 5.75. The summed E-state index contributed by atoms with van der Waals surface area (Å²) >= 11 is 0. The summed E-state index contributed by atoms with van der Waals surface area (Å²) in [6.45, 7) is 5.01. The van der Waals surface area contributed by atoms with Crippen molar-refractivity contribution < 1.29 is 4.79 Å². The van der Waals surface area contributed by atoms with Gasteiger partial charge in [0.05, 0.1) is 0 Å². The van der Waals surface area contributed by atoms with Gasteiger partial charge in [0, 0.05) is 13.0 Å². The van der Waals surface area contributed by atoms with Gasteiger partial charge >= 0.3 is 0 Å². The van der Waals surface area contributed by atoms with Gasteiger partial charge in [0.1, 0.15) is 0 Å². The SMILES string of the molecule is CCC/C=C/CCC(=O)NCCC. The van der Waals surface area contributed by atoms with Crippen LogP contribution in [0.5, 0.6) is 0 Å². The highest BCUT2D eigenvalue weighted by Crippen LogP contribution is 1.94. The van der Waals surface area contributed by atoms with Crippen LogP contribution in [0.3, 0.4) is 0 Å². The van der Waals surface area contributed by atoms with Gasteiger partial charge in [-0.15, -0.1) is 0 Å². The molecule has 0 aliphatic carbocycles. The number of unbranched alkanes of at least 4 members (excludes halogenated alkanes) is 1. The molecule has 0 unspecified atom stereocenters. The predicted molar refractivity (Wildman–Crippen MR) is 56.6 cm³/mol. The summed E-state index contributed by atoms with van der Waals surface area (Å²) in [7, 11) is 0. The Bertz CT molecular complexity index is 152. The van der Waals surface area contributed by atoms with Gasteiger partial charge in [0.15, 0.2) is 0 Å². The molecule has 0 saturated carbocycles. The molecule has 1 amide bonds. The van der Waals surface area contributed by atoms with Crippen LogP contribution >= 0.6 is 0 Å². The average Bonchev–Trinajstić information content (AvgIpc) is 2.14. The number of rotatable bonds is 7. The summed E-state index contributed by atoms with van der Waals surface area (Å²) < 4.78 is 0. The maximum absolute atomic E-state index is 11.1. The summed E-state index contributed by atoms with van der Waals surface area (Å²) in [5.74, 6) is 0.169. The van der Waals surface area contributed by atoms with Gasteiger partial charge in [0.25, 0.3) is 0 Å². The van der Waals surface area contributed by atoms with Gasteiger partial charge in [-0.3, -0.25) is 4.79 Å². The van der Waals surface area contributed by atoms with E-state index >= 15 is 0 Å². The molecular formula is C11H21NO. The van der Waals surface area contributed by atoms with Gasteiger partial charge in [-0.05, 0) is 19.3 Å². The molecule has 0 aliphatic heterocycles. The zero-order valence-electron chi connectivity index (χ0n) is 8.81. The Kier molecular flexibility index (Phi) is 8.73. The molecule has 0 radical (unpaired) electrons. The second kappa shape index (κ2) is 9.30. The smallest absolute Gasteiger partial charge is 0.220 e. The average molecular weight is 183 g/mol. The fourth-order valence-electron chi connectivity index (χ4n) is 0.970. The third-order valence-electron chi connectivity index (χ3n) is 1.73. The van der Waals surface area contributed by atoms with Crippen molar-refractivity contribution in [3.05, 3.63) is 12.2 Å². The van der Waals surface area contributed by atoms with Crippen molar-refractivity contribution in [2.75, 3.05) is 6.54 Å². The number of hydrogen-bond acceptors (Lipinski definition) is 1. The Balaban J connectivity index is 3.26. The lowest BCUT2D eigenvalue weighted by molar-refractivity contribution is -0.120. The van der Waals surface area contributed by atoms with Crippen LogP contribution in [-0.2, 0) is 4.79 Å². The number of hydrogen-bond donors (Lipinski definition) is 1. The lowest BCUT2D eigenvalue weighted by atomic mass is 10.2. The van der Waals surface area contributed by atoms with Crippen LogP contribution in [0.25, 0.3) is 0 Å². The number of amides is 1. The zero-order chi connectivity index (χ0) is 9.94. The van der Waals surface area contributed by atoms with Crippen LogP contribution in [0.1, 0.15) is 46.0 Å². The highest BCUT2D eigenvalue weighted by atomic mass is 16.1. The molecule has 0 saturated heterocycles. The largest absolute Gasteiger partial charge is 0.356 e. The molecule has 0 aromatic carbocycles. The number of carbonyl (C=O) groups excluding carboxylic acids is 1. The molecule has 0 fully saturated rings. The van der Waals surface area contributed by atoms with E-state index in [0.29, 0.717) is 6.42 Å². The fraction of sp³-hybridized carbons (Fsp3) is 0.727. The zero-order valence-corrected chi connectivity index (χ0v) is 8.81. The summed E-state index contributed by atoms with van der Waals surface area (Å²) in [4.78, 5) is 11.1. The molecule has 0 aromatic heterocycles. The minimum Gasteiger partial charge on any atom is -0.356 e. The lowest BCUT2D eigenvalue weighted by Crippen LogP contribution is -2.23. The third kappa shape index (κ3) is 9.12. The van der Waals surface area contributed by atoms with Crippen LogP contribution in [-0.4, -0.2) is 12.5 Å². The van der Waals surface area contributed by atoms with Crippen molar-refractivity contribution in [3.63, 3.8) is 0 Å². The number of allylic oxidation sites excluding steroid dienone is 2. The second-order valence-corrected chi connectivity index (χ2v) is 3.15. The first-order valence-electron chi connectivity index (χ1n) is 5.23. The van der Waals surface area contributed by atoms with Crippen LogP contribution in [0, 0.1) is 0 Å². The number of carbonyl (C=O) groups is 1. The molecular weight excluding hydrogens is 162 g/mol. The fourth-order valence-corrected chi connectivity index (χ4v) is 0.970. The second-order valence-electron chi connectivity index (χ2n) is 3.15. The van der Waals surface area contributed by atoms with E-state index in [9.17, 15) is 4.79 Å². The van der Waals surface area contributed by atoms with Gasteiger partial charge in [-0.1, -0.05) is 32.4 Å². The summed E-state index contributed by atoms with van der Waals surface area (Å²) in [6, 6.07) is 0. The van der Waals surface area contributed by atoms with Crippen molar-refractivity contribution in [1.29, 1.82) is 0 Å². The standard InChI is InChI=1S/C11H21NO/c1-3-5-6-7-8-9-11(13)12-10-4-2/h6-7H,3-5,8-10H2,1-2H3,(H,12,13)/b7-6+. The molecule has 76 valence electrons. The first-order chi connectivity index (χ1) is 6.31. The first-order valence-corrected chi connectivity index (χ1v) is 5.23. The number of nitrogens with one attached hydrogen (secondary N) is 1. The molecule has 1 N–H and O–H groups in total. The Morgan fingerprint density at radius 2 is 1.85 bits per heavy atom. The molecule has 0 aromatic rings. The van der Waals surface area contributed by atoms with Gasteiger partial charge in [-0.25, -0.2) is 0 Å². The minimum absolute atomic E-state index is 0.169. The molecule has 0 spiro atoms. The molecule has 13 heavy (non-hydrogen) atoms. The Labute approximate surface area is 81.4 Å². The quantitative estimate of drug-likeness (QED) is 0.604. The lowest BCUT2D eigenvalue weighted by Gasteiger charge is -2.00. The maximum atomic E-state index is 11.1. The van der Waals surface area contributed by atoms with Gasteiger partial charge < -0.3 is 5.32 Å². The van der Waals surface area contributed by atoms with Gasteiger partial charge in [-0.2, -0.15) is 0 Å². The van der Waals surface area contributed by atoms with Crippen molar-refractivity contribution in [3.8, 4) is 0 Å². The van der Waals surface area contributed by atoms with E-state index in [-0.39, 0.29) is 5.91 Å². The Hall–Kier alpha value is -0.790. The van der Waals surface area contributed by atoms with E-state index in [4.69, 9.17) is 0 Å². The summed E-state index contributed by atoms with van der Waals surface area (Å²) in [6.07, 6.45) is 9.05. The van der Waals surface area contributed by atoms with Crippen LogP contribution < -0.4 is 5.32 Å². The Morgan fingerprint density at radius 1 is 1.15 bits per heavy atom. The van der Waals surface area contributed by atoms with E-state index in [1.165, 1.54) is 6.42 Å². The molecule has 2 heteroatoms. The van der Waals surface area contributed by atoms with Crippen LogP contribution in [0.2, 0.25) is 0 Å². The van der Waals surface area contributed by atoms with E-state index < -0.39 is 0 Å². The molecule has 0 atom stereocenters. The topological polar surface area (TPSA) is 29.1 Å². The van der Waals surface area contributed by atoms with Crippen molar-refractivity contribution >= 4 is 5.91 Å².